The highest BCUT2D eigenvalue weighted by atomic mass is 19.4. The molecule has 0 saturated carbocycles. The minimum absolute atomic E-state index is 0.0138. The van der Waals surface area contributed by atoms with Crippen LogP contribution >= 0.6 is 0 Å². The second-order valence-corrected chi connectivity index (χ2v) is 12.3. The van der Waals surface area contributed by atoms with Crippen molar-refractivity contribution in [3.8, 4) is 0 Å². The normalized spacial score (nSPS) is 18.8. The minimum Gasteiger partial charge on any atom is -0.501 e. The van der Waals surface area contributed by atoms with Gasteiger partial charge in [-0.25, -0.2) is 0 Å². The summed E-state index contributed by atoms with van der Waals surface area (Å²) in [5, 5.41) is 0. The van der Waals surface area contributed by atoms with Gasteiger partial charge in [0.15, 0.2) is 5.78 Å². The lowest BCUT2D eigenvalue weighted by Gasteiger charge is -2.26. The number of ketones is 1. The Bertz CT molecular complexity index is 1690. The second-order valence-electron chi connectivity index (χ2n) is 12.3. The number of hydrogen-bond acceptors (Lipinski definition) is 2. The number of Topliss-reactive ketones (excluding diaryl/α,β-unsaturated/α-hetero) is 1. The molecule has 0 spiro atoms. The Morgan fingerprint density at radius 2 is 1.78 bits per heavy atom. The van der Waals surface area contributed by atoms with Gasteiger partial charge in [-0.1, -0.05) is 74.0 Å². The van der Waals surface area contributed by atoms with Crippen LogP contribution in [0.2, 0.25) is 0 Å². The van der Waals surface area contributed by atoms with E-state index in [1.54, 1.807) is 26.0 Å². The Hall–Kier alpha value is -4.12. The molecule has 2 nitrogen and oxygen atoms in total. The lowest BCUT2D eigenvalue weighted by Crippen LogP contribution is -2.18. The predicted molar refractivity (Wildman–Crippen MR) is 179 cm³/mol. The molecule has 2 aliphatic rings. The summed E-state index contributed by atoms with van der Waals surface area (Å²) in [6.45, 7) is 12.2. The van der Waals surface area contributed by atoms with Crippen molar-refractivity contribution in [2.24, 2.45) is 5.92 Å². The van der Waals surface area contributed by atoms with Crippen LogP contribution in [0.3, 0.4) is 0 Å². The number of hydrogen-bond donors (Lipinski definition) is 0. The summed E-state index contributed by atoms with van der Waals surface area (Å²) in [4.78, 5) is 14.0. The van der Waals surface area contributed by atoms with Crippen LogP contribution < -0.4 is 0 Å². The molecule has 2 atom stereocenters. The topological polar surface area (TPSA) is 26.3 Å². The van der Waals surface area contributed by atoms with E-state index in [9.17, 15) is 18.0 Å². The molecular weight excluding hydrogens is 569 g/mol. The van der Waals surface area contributed by atoms with Crippen molar-refractivity contribution < 1.29 is 22.7 Å². The summed E-state index contributed by atoms with van der Waals surface area (Å²) in [6, 6.07) is 16.6. The lowest BCUT2D eigenvalue weighted by atomic mass is 9.77. The molecule has 2 unspecified atom stereocenters. The van der Waals surface area contributed by atoms with E-state index in [-0.39, 0.29) is 22.6 Å². The number of halogens is 3. The van der Waals surface area contributed by atoms with Gasteiger partial charge in [0.2, 0.25) is 0 Å². The summed E-state index contributed by atoms with van der Waals surface area (Å²) >= 11 is 0. The fourth-order valence-electron chi connectivity index (χ4n) is 6.81. The van der Waals surface area contributed by atoms with Crippen molar-refractivity contribution >= 4 is 28.6 Å². The molecule has 0 heterocycles. The van der Waals surface area contributed by atoms with Crippen LogP contribution in [0.25, 0.3) is 22.8 Å². The molecule has 0 N–H and O–H groups in total. The van der Waals surface area contributed by atoms with Gasteiger partial charge in [0.1, 0.15) is 0 Å². The predicted octanol–water partition coefficient (Wildman–Crippen LogP) is 11.1. The maximum Gasteiger partial charge on any atom is 0.417 e. The molecule has 0 amide bonds. The number of fused-ring (bicyclic) bond motifs is 1. The first-order valence-electron chi connectivity index (χ1n) is 15.9. The number of ether oxygens (including phenoxy) is 1. The van der Waals surface area contributed by atoms with Gasteiger partial charge in [0, 0.05) is 17.1 Å². The molecule has 3 aromatic carbocycles. The van der Waals surface area contributed by atoms with Crippen molar-refractivity contribution in [2.45, 2.75) is 71.9 Å². The Balaban J connectivity index is 1.58. The summed E-state index contributed by atoms with van der Waals surface area (Å²) < 4.78 is 47.9. The SMILES string of the molecule is C=CC(c1ccc(C2=CCCC(C)CCC2)cc1)c1ccc2c(c1C)/C(=C/OCC)C(=O)C(c1c(C)cccc1C(F)(F)F)=C2. The van der Waals surface area contributed by atoms with Crippen LogP contribution in [-0.2, 0) is 15.7 Å². The smallest absolute Gasteiger partial charge is 0.417 e. The van der Waals surface area contributed by atoms with Gasteiger partial charge >= 0.3 is 6.18 Å². The van der Waals surface area contributed by atoms with Crippen LogP contribution in [0.1, 0.15) is 102 Å². The molecule has 45 heavy (non-hydrogen) atoms. The number of aryl methyl sites for hydroxylation is 1. The molecule has 0 aromatic heterocycles. The zero-order chi connectivity index (χ0) is 32.3. The van der Waals surface area contributed by atoms with E-state index in [4.69, 9.17) is 4.74 Å². The molecule has 0 aliphatic heterocycles. The Kier molecular flexibility index (Phi) is 9.67. The molecule has 0 bridgehead atoms. The largest absolute Gasteiger partial charge is 0.501 e. The number of rotatable bonds is 7. The Morgan fingerprint density at radius 1 is 1.02 bits per heavy atom. The van der Waals surface area contributed by atoms with Gasteiger partial charge in [0.25, 0.3) is 0 Å². The van der Waals surface area contributed by atoms with Crippen LogP contribution in [-0.4, -0.2) is 12.4 Å². The fourth-order valence-corrected chi connectivity index (χ4v) is 6.81. The second kappa shape index (κ2) is 13.5. The van der Waals surface area contributed by atoms with Gasteiger partial charge in [-0.2, -0.15) is 13.2 Å². The van der Waals surface area contributed by atoms with E-state index in [0.29, 0.717) is 23.3 Å². The third kappa shape index (κ3) is 6.63. The van der Waals surface area contributed by atoms with Crippen molar-refractivity contribution in [3.05, 3.63) is 130 Å². The molecule has 0 saturated heterocycles. The monoisotopic (exact) mass is 610 g/mol. The first-order valence-corrected chi connectivity index (χ1v) is 15.9. The number of carbonyl (C=O) groups is 1. The highest BCUT2D eigenvalue weighted by molar-refractivity contribution is 6.47. The average molecular weight is 611 g/mol. The van der Waals surface area contributed by atoms with Crippen molar-refractivity contribution in [3.63, 3.8) is 0 Å². The average Bonchev–Trinajstić information content (AvgIpc) is 3.00. The van der Waals surface area contributed by atoms with E-state index in [0.717, 1.165) is 41.5 Å². The minimum atomic E-state index is -4.61. The maximum atomic E-state index is 14.1. The highest BCUT2D eigenvalue weighted by Gasteiger charge is 2.38. The molecule has 2 aliphatic carbocycles. The Labute approximate surface area is 265 Å². The zero-order valence-corrected chi connectivity index (χ0v) is 26.6. The quantitative estimate of drug-likeness (QED) is 0.151. The standard InChI is InChI=1S/C40H41F3O2/c1-6-32(30-19-17-29(18-20-30)28-14-8-11-25(3)12-9-15-28)33-22-21-31-23-34(37-26(4)13-10-16-36(37)40(41,42)43)39(44)35(24-45-7-2)38(31)27(33)5/h6,10,13-14,16-25,32H,1,7-9,11-12,15H2,2-5H3/b28-14?,35-24-. The number of allylic oxidation sites excluding steroid dienone is 5. The third-order valence-corrected chi connectivity index (χ3v) is 9.22. The van der Waals surface area contributed by atoms with Crippen LogP contribution in [0.15, 0.2) is 79.6 Å². The molecule has 3 aromatic rings. The van der Waals surface area contributed by atoms with Crippen LogP contribution in [0.4, 0.5) is 13.2 Å². The number of benzene rings is 3. The summed E-state index contributed by atoms with van der Waals surface area (Å²) in [5.74, 6) is 0.148. The molecule has 5 rings (SSSR count). The highest BCUT2D eigenvalue weighted by Crippen LogP contribution is 2.44. The van der Waals surface area contributed by atoms with Crippen molar-refractivity contribution in [1.29, 1.82) is 0 Å². The van der Waals surface area contributed by atoms with E-state index in [1.807, 2.05) is 25.1 Å². The van der Waals surface area contributed by atoms with Crippen molar-refractivity contribution in [2.75, 3.05) is 6.61 Å². The molecule has 5 heteroatoms. The first-order chi connectivity index (χ1) is 21.5. The maximum absolute atomic E-state index is 14.1. The third-order valence-electron chi connectivity index (χ3n) is 9.22. The van der Waals surface area contributed by atoms with Gasteiger partial charge < -0.3 is 4.74 Å². The van der Waals surface area contributed by atoms with Gasteiger partial charge in [-0.3, -0.25) is 4.79 Å². The number of carbonyl (C=O) groups excluding carboxylic acids is 1. The van der Waals surface area contributed by atoms with Crippen LogP contribution in [0.5, 0.6) is 0 Å². The van der Waals surface area contributed by atoms with E-state index >= 15 is 0 Å². The summed E-state index contributed by atoms with van der Waals surface area (Å²) in [7, 11) is 0. The molecule has 234 valence electrons. The van der Waals surface area contributed by atoms with Gasteiger partial charge in [-0.15, -0.1) is 6.58 Å². The van der Waals surface area contributed by atoms with Gasteiger partial charge in [-0.05, 0) is 109 Å². The van der Waals surface area contributed by atoms with E-state index < -0.39 is 17.5 Å². The van der Waals surface area contributed by atoms with Crippen molar-refractivity contribution in [1.82, 2.24) is 0 Å². The number of alkyl halides is 3. The zero-order valence-electron chi connectivity index (χ0n) is 26.6. The lowest BCUT2D eigenvalue weighted by molar-refractivity contribution is -0.137. The molecule has 0 fully saturated rings. The first kappa shape index (κ1) is 32.3. The van der Waals surface area contributed by atoms with Gasteiger partial charge in [0.05, 0.1) is 24.0 Å². The Morgan fingerprint density at radius 3 is 2.47 bits per heavy atom. The summed E-state index contributed by atoms with van der Waals surface area (Å²) in [5.41, 5.74) is 6.67. The molecule has 0 radical (unpaired) electrons. The fraction of sp³-hybridized carbons (Fsp3) is 0.325. The van der Waals surface area contributed by atoms with E-state index in [1.165, 1.54) is 42.7 Å². The molecular formula is C40H41F3O2. The van der Waals surface area contributed by atoms with Crippen LogP contribution in [0, 0.1) is 19.8 Å². The summed E-state index contributed by atoms with van der Waals surface area (Å²) in [6.07, 6.45) is 8.57. The van der Waals surface area contributed by atoms with E-state index in [2.05, 4.69) is 43.8 Å².